The molecule has 0 amide bonds. The van der Waals surface area contributed by atoms with E-state index in [2.05, 4.69) is 16.0 Å². The van der Waals surface area contributed by atoms with Crippen LogP contribution in [-0.4, -0.2) is 41.1 Å². The Labute approximate surface area is 103 Å². The highest BCUT2D eigenvalue weighted by Crippen LogP contribution is 2.21. The van der Waals surface area contributed by atoms with Gasteiger partial charge in [0, 0.05) is 31.4 Å². The first-order valence-electron chi connectivity index (χ1n) is 5.92. The number of carbonyl (C=O) groups is 1. The molecule has 0 saturated heterocycles. The van der Waals surface area contributed by atoms with Gasteiger partial charge in [0.05, 0.1) is 6.42 Å². The van der Waals surface area contributed by atoms with Crippen LogP contribution in [0.4, 0.5) is 0 Å². The molecule has 0 radical (unpaired) electrons. The summed E-state index contributed by atoms with van der Waals surface area (Å²) in [6.45, 7) is 5.71. The molecule has 2 N–H and O–H groups in total. The van der Waals surface area contributed by atoms with Gasteiger partial charge in [-0.3, -0.25) is 4.79 Å². The van der Waals surface area contributed by atoms with Crippen molar-refractivity contribution >= 4 is 5.97 Å². The van der Waals surface area contributed by atoms with Crippen LogP contribution < -0.4 is 0 Å². The summed E-state index contributed by atoms with van der Waals surface area (Å²) >= 11 is 0. The smallest absolute Gasteiger partial charge is 0.303 e. The highest BCUT2D eigenvalue weighted by Gasteiger charge is 2.23. The van der Waals surface area contributed by atoms with Gasteiger partial charge in [-0.25, -0.2) is 0 Å². The Morgan fingerprint density at radius 1 is 1.53 bits per heavy atom. The molecule has 4 heteroatoms. The van der Waals surface area contributed by atoms with Crippen LogP contribution in [0.1, 0.15) is 26.0 Å². The zero-order valence-electron chi connectivity index (χ0n) is 10.9. The minimum absolute atomic E-state index is 0.184. The van der Waals surface area contributed by atoms with Crippen molar-refractivity contribution in [2.24, 2.45) is 5.41 Å². The molecule has 4 nitrogen and oxygen atoms in total. The maximum absolute atomic E-state index is 10.7. The second kappa shape index (κ2) is 5.87. The molecule has 1 aromatic rings. The molecule has 17 heavy (non-hydrogen) atoms. The number of rotatable bonds is 7. The number of nitrogens with zero attached hydrogens (tertiary/aromatic N) is 1. The van der Waals surface area contributed by atoms with Gasteiger partial charge < -0.3 is 15.0 Å². The van der Waals surface area contributed by atoms with E-state index in [1.54, 1.807) is 0 Å². The molecule has 0 unspecified atom stereocenters. The van der Waals surface area contributed by atoms with Crippen molar-refractivity contribution in [2.75, 3.05) is 20.1 Å². The summed E-state index contributed by atoms with van der Waals surface area (Å²) in [5, 5.41) is 8.82. The number of hydrogen-bond donors (Lipinski definition) is 2. The lowest BCUT2D eigenvalue weighted by atomic mass is 9.89. The molecule has 0 spiro atoms. The van der Waals surface area contributed by atoms with E-state index >= 15 is 0 Å². The number of aliphatic carboxylic acids is 1. The van der Waals surface area contributed by atoms with Gasteiger partial charge in [-0.2, -0.15) is 0 Å². The normalized spacial score (nSPS) is 12.0. The standard InChI is InChI=1S/C13H22N2O2/c1-13(2,9-12(16)17)10-15(3)8-6-11-5-4-7-14-11/h4-5,7,14H,6,8-10H2,1-3H3,(H,16,17). The minimum atomic E-state index is -0.729. The molecule has 0 aliphatic rings. The average molecular weight is 238 g/mol. The Hall–Kier alpha value is -1.29. The van der Waals surface area contributed by atoms with Crippen LogP contribution in [0.2, 0.25) is 0 Å². The molecule has 0 aromatic carbocycles. The summed E-state index contributed by atoms with van der Waals surface area (Å²) < 4.78 is 0. The number of likely N-dealkylation sites (N-methyl/N-ethyl adjacent to an activating group) is 1. The van der Waals surface area contributed by atoms with Crippen molar-refractivity contribution in [2.45, 2.75) is 26.7 Å². The van der Waals surface area contributed by atoms with Crippen molar-refractivity contribution in [3.05, 3.63) is 24.0 Å². The van der Waals surface area contributed by atoms with Gasteiger partial charge in [-0.05, 0) is 24.6 Å². The second-order valence-electron chi connectivity index (χ2n) is 5.42. The third-order valence-corrected chi connectivity index (χ3v) is 2.75. The van der Waals surface area contributed by atoms with Crippen LogP contribution in [0.5, 0.6) is 0 Å². The molecule has 1 heterocycles. The van der Waals surface area contributed by atoms with Crippen LogP contribution in [0.3, 0.4) is 0 Å². The van der Waals surface area contributed by atoms with Gasteiger partial charge in [0.2, 0.25) is 0 Å². The number of hydrogen-bond acceptors (Lipinski definition) is 2. The summed E-state index contributed by atoms with van der Waals surface area (Å²) in [4.78, 5) is 16.1. The molecule has 96 valence electrons. The van der Waals surface area contributed by atoms with Crippen molar-refractivity contribution in [1.82, 2.24) is 9.88 Å². The Morgan fingerprint density at radius 3 is 2.76 bits per heavy atom. The van der Waals surface area contributed by atoms with E-state index in [9.17, 15) is 4.79 Å². The fourth-order valence-electron chi connectivity index (χ4n) is 2.11. The summed E-state index contributed by atoms with van der Waals surface area (Å²) in [6, 6.07) is 4.06. The van der Waals surface area contributed by atoms with E-state index in [4.69, 9.17) is 5.11 Å². The van der Waals surface area contributed by atoms with E-state index in [1.807, 2.05) is 33.2 Å². The third kappa shape index (κ3) is 5.54. The molecule has 1 rings (SSSR count). The average Bonchev–Trinajstić information content (AvgIpc) is 2.63. The van der Waals surface area contributed by atoms with Gasteiger partial charge in [-0.15, -0.1) is 0 Å². The molecular formula is C13H22N2O2. The van der Waals surface area contributed by atoms with E-state index in [0.29, 0.717) is 0 Å². The SMILES string of the molecule is CN(CCc1ccc[nH]1)CC(C)(C)CC(=O)O. The number of aromatic amines is 1. The quantitative estimate of drug-likeness (QED) is 0.763. The molecular weight excluding hydrogens is 216 g/mol. The zero-order chi connectivity index (χ0) is 12.9. The van der Waals surface area contributed by atoms with Crippen molar-refractivity contribution in [3.8, 4) is 0 Å². The first-order valence-corrected chi connectivity index (χ1v) is 5.92. The van der Waals surface area contributed by atoms with Crippen LogP contribution >= 0.6 is 0 Å². The van der Waals surface area contributed by atoms with Crippen LogP contribution in [0.15, 0.2) is 18.3 Å². The van der Waals surface area contributed by atoms with E-state index in [0.717, 1.165) is 19.5 Å². The number of nitrogens with one attached hydrogen (secondary N) is 1. The molecule has 0 aliphatic heterocycles. The highest BCUT2D eigenvalue weighted by atomic mass is 16.4. The summed E-state index contributed by atoms with van der Waals surface area (Å²) in [7, 11) is 2.03. The fourth-order valence-corrected chi connectivity index (χ4v) is 2.11. The lowest BCUT2D eigenvalue weighted by Gasteiger charge is -2.28. The predicted octanol–water partition coefficient (Wildman–Crippen LogP) is 1.99. The maximum Gasteiger partial charge on any atom is 0.303 e. The van der Waals surface area contributed by atoms with E-state index in [1.165, 1.54) is 5.69 Å². The fraction of sp³-hybridized carbons (Fsp3) is 0.615. The first-order chi connectivity index (χ1) is 7.89. The monoisotopic (exact) mass is 238 g/mol. The van der Waals surface area contributed by atoms with Gasteiger partial charge in [0.1, 0.15) is 0 Å². The predicted molar refractivity (Wildman–Crippen MR) is 68.0 cm³/mol. The number of carboxylic acid groups (broad SMARTS) is 1. The molecule has 0 bridgehead atoms. The van der Waals surface area contributed by atoms with Crippen LogP contribution in [-0.2, 0) is 11.2 Å². The Bertz CT molecular complexity index is 344. The second-order valence-corrected chi connectivity index (χ2v) is 5.42. The van der Waals surface area contributed by atoms with Gasteiger partial charge in [0.25, 0.3) is 0 Å². The number of carboxylic acids is 1. The Kier molecular flexibility index (Phi) is 4.75. The molecule has 0 saturated carbocycles. The van der Waals surface area contributed by atoms with E-state index in [-0.39, 0.29) is 11.8 Å². The Balaban J connectivity index is 2.33. The highest BCUT2D eigenvalue weighted by molar-refractivity contribution is 5.67. The summed E-state index contributed by atoms with van der Waals surface area (Å²) in [5.41, 5.74) is 1.03. The lowest BCUT2D eigenvalue weighted by Crippen LogP contribution is -2.34. The van der Waals surface area contributed by atoms with Crippen molar-refractivity contribution in [1.29, 1.82) is 0 Å². The number of H-pyrrole nitrogens is 1. The number of aromatic nitrogens is 1. The summed E-state index contributed by atoms with van der Waals surface area (Å²) in [6.07, 6.45) is 3.09. The van der Waals surface area contributed by atoms with Crippen molar-refractivity contribution in [3.63, 3.8) is 0 Å². The largest absolute Gasteiger partial charge is 0.481 e. The topological polar surface area (TPSA) is 56.3 Å². The molecule has 1 aromatic heterocycles. The zero-order valence-corrected chi connectivity index (χ0v) is 10.9. The van der Waals surface area contributed by atoms with Gasteiger partial charge >= 0.3 is 5.97 Å². The minimum Gasteiger partial charge on any atom is -0.481 e. The molecule has 0 aliphatic carbocycles. The third-order valence-electron chi connectivity index (χ3n) is 2.75. The summed E-state index contributed by atoms with van der Waals surface area (Å²) in [5.74, 6) is -0.729. The van der Waals surface area contributed by atoms with Gasteiger partial charge in [0.15, 0.2) is 0 Å². The molecule has 0 fully saturated rings. The lowest BCUT2D eigenvalue weighted by molar-refractivity contribution is -0.139. The van der Waals surface area contributed by atoms with E-state index < -0.39 is 5.97 Å². The maximum atomic E-state index is 10.7. The van der Waals surface area contributed by atoms with Crippen LogP contribution in [0.25, 0.3) is 0 Å². The van der Waals surface area contributed by atoms with Gasteiger partial charge in [-0.1, -0.05) is 13.8 Å². The van der Waals surface area contributed by atoms with Crippen LogP contribution in [0, 0.1) is 5.41 Å². The molecule has 0 atom stereocenters. The first kappa shape index (κ1) is 13.8. The van der Waals surface area contributed by atoms with Crippen molar-refractivity contribution < 1.29 is 9.90 Å². The Morgan fingerprint density at radius 2 is 2.24 bits per heavy atom.